The van der Waals surface area contributed by atoms with Crippen molar-refractivity contribution < 1.29 is 24.5 Å². The van der Waals surface area contributed by atoms with Crippen molar-refractivity contribution in [1.82, 2.24) is 15.5 Å². The number of aliphatic hydroxyl groups is 2. The summed E-state index contributed by atoms with van der Waals surface area (Å²) in [5, 5.41) is 28.6. The zero-order chi connectivity index (χ0) is 20.3. The van der Waals surface area contributed by atoms with Gasteiger partial charge in [-0.05, 0) is 29.7 Å². The van der Waals surface area contributed by atoms with Crippen molar-refractivity contribution >= 4 is 17.6 Å². The molecule has 1 aromatic rings. The molecule has 3 fully saturated rings. The van der Waals surface area contributed by atoms with E-state index >= 15 is 0 Å². The van der Waals surface area contributed by atoms with Crippen molar-refractivity contribution in [3.63, 3.8) is 0 Å². The summed E-state index contributed by atoms with van der Waals surface area (Å²) in [4.78, 5) is 14.2. The highest BCUT2D eigenvalue weighted by Crippen LogP contribution is 2.41. The van der Waals surface area contributed by atoms with Gasteiger partial charge in [0.25, 0.3) is 0 Å². The van der Waals surface area contributed by atoms with Gasteiger partial charge < -0.3 is 25.4 Å². The van der Waals surface area contributed by atoms with Gasteiger partial charge >= 0.3 is 5.97 Å². The molecule has 3 saturated heterocycles. The van der Waals surface area contributed by atoms with Crippen molar-refractivity contribution in [1.29, 1.82) is 0 Å². The van der Waals surface area contributed by atoms with Crippen LogP contribution in [0.2, 0.25) is 5.02 Å². The predicted molar refractivity (Wildman–Crippen MR) is 102 cm³/mol. The number of aliphatic hydroxyl groups excluding tert-OH is 2. The number of benzene rings is 1. The van der Waals surface area contributed by atoms with Gasteiger partial charge in [-0.25, -0.2) is 0 Å². The molecule has 158 valence electrons. The number of nitrogens with one attached hydrogen (secondary N) is 2. The predicted octanol–water partition coefficient (Wildman–Crippen LogP) is -0.990. The Labute approximate surface area is 173 Å². The van der Waals surface area contributed by atoms with Gasteiger partial charge in [0.15, 0.2) is 6.10 Å². The number of nitrogens with two attached hydrogens (primary N) is 1. The maximum Gasteiger partial charge on any atom is 0.310 e. The van der Waals surface area contributed by atoms with Gasteiger partial charge in [-0.15, -0.1) is 0 Å². The van der Waals surface area contributed by atoms with Crippen LogP contribution in [0.5, 0.6) is 0 Å². The van der Waals surface area contributed by atoms with Crippen LogP contribution in [0.3, 0.4) is 0 Å². The van der Waals surface area contributed by atoms with Gasteiger partial charge in [-0.3, -0.25) is 20.3 Å². The minimum absolute atomic E-state index is 0.0585. The van der Waals surface area contributed by atoms with Crippen LogP contribution in [0, 0.1) is 5.92 Å². The number of likely N-dealkylation sites (tertiary alicyclic amines) is 1. The number of nitrogens with zero attached hydrogens (tertiary/aromatic N) is 1. The Morgan fingerprint density at radius 2 is 2.07 bits per heavy atom. The first-order valence-corrected chi connectivity index (χ1v) is 10.3. The normalized spacial score (nSPS) is 42.4. The maximum absolute atomic E-state index is 12.1. The second kappa shape index (κ2) is 7.44. The van der Waals surface area contributed by atoms with Crippen molar-refractivity contribution in [2.45, 2.75) is 55.8 Å². The molecule has 0 bridgehead atoms. The average Bonchev–Trinajstić information content (AvgIpc) is 3.23. The molecule has 9 nitrogen and oxygen atoms in total. The third-order valence-electron chi connectivity index (χ3n) is 6.50. The third-order valence-corrected chi connectivity index (χ3v) is 6.73. The van der Waals surface area contributed by atoms with E-state index in [1.807, 2.05) is 4.90 Å². The molecule has 1 aromatic carbocycles. The van der Waals surface area contributed by atoms with Crippen LogP contribution >= 0.6 is 11.6 Å². The number of carbonyl (C=O) groups excluding carboxylic acids is 1. The van der Waals surface area contributed by atoms with Crippen LogP contribution in [-0.4, -0.2) is 71.2 Å². The number of hydrogen-bond acceptors (Lipinski definition) is 9. The summed E-state index contributed by atoms with van der Waals surface area (Å²) in [5.41, 5.74) is 7.66. The smallest absolute Gasteiger partial charge is 0.310 e. The van der Waals surface area contributed by atoms with Crippen LogP contribution in [0.15, 0.2) is 18.2 Å². The Kier molecular flexibility index (Phi) is 5.04. The Bertz CT molecular complexity index is 813. The fraction of sp³-hybridized carbons (Fsp3) is 0.632. The summed E-state index contributed by atoms with van der Waals surface area (Å²) in [6, 6.07) is 5.22. The van der Waals surface area contributed by atoms with Gasteiger partial charge in [0.1, 0.15) is 24.5 Å². The van der Waals surface area contributed by atoms with E-state index in [1.165, 1.54) is 0 Å². The second-order valence-electron chi connectivity index (χ2n) is 8.15. The van der Waals surface area contributed by atoms with Gasteiger partial charge in [0.2, 0.25) is 0 Å². The Morgan fingerprint density at radius 3 is 2.90 bits per heavy atom. The van der Waals surface area contributed by atoms with E-state index in [1.54, 1.807) is 18.2 Å². The van der Waals surface area contributed by atoms with Gasteiger partial charge in [-0.1, -0.05) is 17.7 Å². The first-order chi connectivity index (χ1) is 13.9. The fourth-order valence-electron chi connectivity index (χ4n) is 5.06. The van der Waals surface area contributed by atoms with Gasteiger partial charge in [0, 0.05) is 24.2 Å². The van der Waals surface area contributed by atoms with E-state index in [2.05, 4.69) is 10.6 Å². The molecule has 4 aliphatic heterocycles. The number of esters is 1. The molecular weight excluding hydrogens is 400 g/mol. The third kappa shape index (κ3) is 3.26. The van der Waals surface area contributed by atoms with Crippen molar-refractivity contribution in [2.75, 3.05) is 13.2 Å². The molecule has 0 radical (unpaired) electrons. The van der Waals surface area contributed by atoms with Crippen LogP contribution < -0.4 is 16.4 Å². The van der Waals surface area contributed by atoms with Crippen molar-refractivity contribution in [3.05, 3.63) is 34.3 Å². The first kappa shape index (κ1) is 19.7. The SMILES string of the molecule is NC1NCNC2C1CCN2[C@@H]1O[C@H]([C@@H]2OC(=O)Cc3cc(Cl)ccc32)[C@@H](O)[C@H]1O. The highest BCUT2D eigenvalue weighted by molar-refractivity contribution is 6.30. The number of hydrogen-bond donors (Lipinski definition) is 5. The number of ether oxygens (including phenoxy) is 2. The molecule has 0 spiro atoms. The molecule has 5 rings (SSSR count). The summed E-state index contributed by atoms with van der Waals surface area (Å²) in [5.74, 6) is -0.239. The zero-order valence-electron chi connectivity index (χ0n) is 15.7. The molecule has 0 amide bonds. The van der Waals surface area contributed by atoms with E-state index in [0.717, 1.165) is 17.5 Å². The number of carbonyl (C=O) groups is 1. The van der Waals surface area contributed by atoms with Crippen molar-refractivity contribution in [2.24, 2.45) is 11.7 Å². The lowest BCUT2D eigenvalue weighted by molar-refractivity contribution is -0.169. The molecule has 0 aliphatic carbocycles. The zero-order valence-corrected chi connectivity index (χ0v) is 16.5. The van der Waals surface area contributed by atoms with Gasteiger partial charge in [-0.2, -0.15) is 0 Å². The average molecular weight is 425 g/mol. The topological polar surface area (TPSA) is 129 Å². The van der Waals surface area contributed by atoms with Crippen LogP contribution in [0.25, 0.3) is 0 Å². The van der Waals surface area contributed by atoms with Crippen LogP contribution in [-0.2, 0) is 20.7 Å². The minimum Gasteiger partial charge on any atom is -0.454 e. The van der Waals surface area contributed by atoms with Crippen LogP contribution in [0.4, 0.5) is 0 Å². The molecular formula is C19H25ClN4O5. The maximum atomic E-state index is 12.1. The molecule has 4 aliphatic rings. The monoisotopic (exact) mass is 424 g/mol. The lowest BCUT2D eigenvalue weighted by Gasteiger charge is -2.39. The molecule has 0 aromatic heterocycles. The summed E-state index contributed by atoms with van der Waals surface area (Å²) >= 11 is 6.07. The Morgan fingerprint density at radius 1 is 1.24 bits per heavy atom. The molecule has 6 N–H and O–H groups in total. The highest BCUT2D eigenvalue weighted by Gasteiger charge is 2.54. The van der Waals surface area contributed by atoms with E-state index in [9.17, 15) is 15.0 Å². The number of halogens is 1. The first-order valence-electron chi connectivity index (χ1n) is 9.91. The van der Waals surface area contributed by atoms with E-state index in [-0.39, 0.29) is 24.7 Å². The molecule has 3 unspecified atom stereocenters. The van der Waals surface area contributed by atoms with E-state index < -0.39 is 36.6 Å². The standard InChI is InChI=1S/C19H25ClN4O5/c20-9-1-2-10-8(5-9)6-12(25)28-15(10)16-13(26)14(27)19(29-16)24-4-3-11-17(21)22-7-23-18(11)24/h1-2,5,11,13-19,22-23,26-27H,3-4,6-7,21H2/t11?,13-,14+,15+,16-,17?,18?,19+/m0/s1. The summed E-state index contributed by atoms with van der Waals surface area (Å²) < 4.78 is 11.7. The van der Waals surface area contributed by atoms with Crippen LogP contribution in [0.1, 0.15) is 23.7 Å². The number of cyclic esters (lactones) is 1. The lowest BCUT2D eigenvalue weighted by Crippen LogP contribution is -2.64. The van der Waals surface area contributed by atoms with Crippen molar-refractivity contribution in [3.8, 4) is 0 Å². The summed E-state index contributed by atoms with van der Waals surface area (Å²) in [7, 11) is 0. The minimum atomic E-state index is -1.20. The summed E-state index contributed by atoms with van der Waals surface area (Å²) in [6.45, 7) is 1.23. The van der Waals surface area contributed by atoms with E-state index in [0.29, 0.717) is 18.2 Å². The lowest BCUT2D eigenvalue weighted by atomic mass is 9.91. The largest absolute Gasteiger partial charge is 0.454 e. The van der Waals surface area contributed by atoms with Gasteiger partial charge in [0.05, 0.1) is 18.8 Å². The summed E-state index contributed by atoms with van der Waals surface area (Å²) in [6.07, 6.45) is -3.98. The molecule has 29 heavy (non-hydrogen) atoms. The second-order valence-corrected chi connectivity index (χ2v) is 8.59. The molecule has 0 saturated carbocycles. The molecule has 8 atom stereocenters. The Balaban J connectivity index is 1.40. The fourth-order valence-corrected chi connectivity index (χ4v) is 5.26. The quantitative estimate of drug-likeness (QED) is 0.380. The molecule has 4 heterocycles. The van der Waals surface area contributed by atoms with E-state index in [4.69, 9.17) is 26.8 Å². The number of fused-ring (bicyclic) bond motifs is 2. The highest BCUT2D eigenvalue weighted by atomic mass is 35.5. The number of rotatable bonds is 2. The molecule has 10 heteroatoms. The Hall–Kier alpha value is -1.30.